The highest BCUT2D eigenvalue weighted by atomic mass is 35.5. The minimum absolute atomic E-state index is 0.126. The molecule has 0 atom stereocenters. The van der Waals surface area contributed by atoms with Gasteiger partial charge in [0.05, 0.1) is 23.4 Å². The topological polar surface area (TPSA) is 97.4 Å². The third-order valence-electron chi connectivity index (χ3n) is 4.98. The third-order valence-corrected chi connectivity index (χ3v) is 5.27. The predicted molar refractivity (Wildman–Crippen MR) is 121 cm³/mol. The van der Waals surface area contributed by atoms with E-state index in [2.05, 4.69) is 15.6 Å². The summed E-state index contributed by atoms with van der Waals surface area (Å²) in [5, 5.41) is 5.28. The number of methoxy groups -OCH3 is 1. The van der Waals surface area contributed by atoms with E-state index < -0.39 is 23.4 Å². The highest BCUT2D eigenvalue weighted by molar-refractivity contribution is 6.36. The van der Waals surface area contributed by atoms with Crippen molar-refractivity contribution >= 4 is 41.0 Å². The van der Waals surface area contributed by atoms with Gasteiger partial charge in [0.1, 0.15) is 5.82 Å². The number of anilines is 1. The van der Waals surface area contributed by atoms with E-state index >= 15 is 0 Å². The minimum Gasteiger partial charge on any atom is -0.481 e. The first-order valence-electron chi connectivity index (χ1n) is 9.79. The average Bonchev–Trinajstić information content (AvgIpc) is 2.82. The van der Waals surface area contributed by atoms with Gasteiger partial charge < -0.3 is 15.4 Å². The molecule has 4 rings (SSSR count). The number of amides is 2. The van der Waals surface area contributed by atoms with Crippen LogP contribution in [0.15, 0.2) is 60.3 Å². The quantitative estimate of drug-likeness (QED) is 0.438. The Morgan fingerprint density at radius 1 is 1.18 bits per heavy atom. The number of fused-ring (bicyclic) bond motifs is 1. The lowest BCUT2D eigenvalue weighted by Gasteiger charge is -2.19. The van der Waals surface area contributed by atoms with E-state index in [4.69, 9.17) is 16.3 Å². The van der Waals surface area contributed by atoms with Crippen molar-refractivity contribution in [3.05, 3.63) is 93.4 Å². The fourth-order valence-electron chi connectivity index (χ4n) is 3.28. The summed E-state index contributed by atoms with van der Waals surface area (Å²) in [6.07, 6.45) is 2.90. The number of hydrogen-bond acceptors (Lipinski definition) is 5. The molecule has 0 bridgehead atoms. The fraction of sp³-hybridized carbons (Fsp3) is 0.0833. The molecule has 0 radical (unpaired) electrons. The van der Waals surface area contributed by atoms with Crippen LogP contribution in [0.1, 0.15) is 31.8 Å². The van der Waals surface area contributed by atoms with E-state index in [-0.39, 0.29) is 28.3 Å². The number of nitrogens with one attached hydrogen (secondary N) is 2. The Balaban J connectivity index is 1.56. The van der Waals surface area contributed by atoms with Crippen LogP contribution in [0.2, 0.25) is 5.02 Å². The molecule has 166 valence electrons. The molecule has 0 fully saturated rings. The van der Waals surface area contributed by atoms with Gasteiger partial charge >= 0.3 is 0 Å². The van der Waals surface area contributed by atoms with Crippen molar-refractivity contribution in [1.82, 2.24) is 10.3 Å². The summed E-state index contributed by atoms with van der Waals surface area (Å²) in [5.41, 5.74) is 1.77. The second-order valence-corrected chi connectivity index (χ2v) is 7.57. The molecule has 33 heavy (non-hydrogen) atoms. The van der Waals surface area contributed by atoms with Crippen LogP contribution in [-0.4, -0.2) is 29.7 Å². The van der Waals surface area contributed by atoms with E-state index in [9.17, 15) is 18.8 Å². The Morgan fingerprint density at radius 3 is 2.76 bits per heavy atom. The lowest BCUT2D eigenvalue weighted by Crippen LogP contribution is -2.28. The number of hydrogen-bond donors (Lipinski definition) is 2. The monoisotopic (exact) mass is 465 g/mol. The number of aromatic nitrogens is 1. The molecular weight excluding hydrogens is 449 g/mol. The van der Waals surface area contributed by atoms with Gasteiger partial charge in [0.2, 0.25) is 11.7 Å². The molecule has 0 aliphatic carbocycles. The Kier molecular flexibility index (Phi) is 6.19. The van der Waals surface area contributed by atoms with E-state index in [0.717, 1.165) is 11.6 Å². The number of ketones is 1. The molecule has 9 heteroatoms. The van der Waals surface area contributed by atoms with Crippen LogP contribution in [-0.2, 0) is 11.3 Å². The van der Waals surface area contributed by atoms with Gasteiger partial charge in [-0.1, -0.05) is 17.7 Å². The highest BCUT2D eigenvalue weighted by Gasteiger charge is 2.29. The largest absolute Gasteiger partial charge is 0.481 e. The lowest BCUT2D eigenvalue weighted by atomic mass is 9.93. The number of ether oxygens (including phenoxy) is 1. The lowest BCUT2D eigenvalue weighted by molar-refractivity contribution is -0.112. The Hall–Kier alpha value is -4.04. The van der Waals surface area contributed by atoms with Crippen LogP contribution in [0.3, 0.4) is 0 Å². The predicted octanol–water partition coefficient (Wildman–Crippen LogP) is 4.03. The summed E-state index contributed by atoms with van der Waals surface area (Å²) >= 11 is 5.79. The number of rotatable bonds is 5. The first kappa shape index (κ1) is 22.2. The number of benzene rings is 2. The molecule has 0 saturated heterocycles. The zero-order valence-electron chi connectivity index (χ0n) is 17.3. The maximum Gasteiger partial charge on any atom is 0.259 e. The summed E-state index contributed by atoms with van der Waals surface area (Å²) in [5.74, 6) is -1.73. The van der Waals surface area contributed by atoms with Gasteiger partial charge in [0.25, 0.3) is 11.8 Å². The summed E-state index contributed by atoms with van der Waals surface area (Å²) < 4.78 is 18.5. The molecule has 7 nitrogen and oxygen atoms in total. The maximum atomic E-state index is 13.4. The van der Waals surface area contributed by atoms with Crippen molar-refractivity contribution < 1.29 is 23.5 Å². The van der Waals surface area contributed by atoms with Gasteiger partial charge in [0, 0.05) is 29.9 Å². The summed E-state index contributed by atoms with van der Waals surface area (Å²) in [6.45, 7) is 0.232. The van der Waals surface area contributed by atoms with Crippen molar-refractivity contribution in [1.29, 1.82) is 0 Å². The van der Waals surface area contributed by atoms with E-state index in [0.29, 0.717) is 17.1 Å². The van der Waals surface area contributed by atoms with Crippen LogP contribution >= 0.6 is 11.6 Å². The van der Waals surface area contributed by atoms with E-state index in [1.54, 1.807) is 18.3 Å². The molecule has 2 amide bonds. The molecule has 1 aromatic heterocycles. The van der Waals surface area contributed by atoms with Crippen molar-refractivity contribution in [2.45, 2.75) is 6.54 Å². The summed E-state index contributed by atoms with van der Waals surface area (Å²) in [6, 6.07) is 11.8. The number of carbonyl (C=O) groups is 3. The second kappa shape index (κ2) is 9.22. The zero-order valence-corrected chi connectivity index (χ0v) is 18.1. The maximum absolute atomic E-state index is 13.4. The molecule has 1 aliphatic heterocycles. The first-order chi connectivity index (χ1) is 15.9. The Bertz CT molecular complexity index is 1320. The van der Waals surface area contributed by atoms with E-state index in [1.807, 2.05) is 0 Å². The van der Waals surface area contributed by atoms with Crippen LogP contribution in [0.25, 0.3) is 6.08 Å². The summed E-state index contributed by atoms with van der Waals surface area (Å²) in [4.78, 5) is 42.1. The Labute approximate surface area is 193 Å². The van der Waals surface area contributed by atoms with Crippen LogP contribution in [0.5, 0.6) is 5.88 Å². The number of Topliss-reactive ketones (excluding diaryl/α,β-unsaturated/α-hetero) is 1. The molecule has 1 aliphatic rings. The van der Waals surface area contributed by atoms with Crippen LogP contribution in [0.4, 0.5) is 10.1 Å². The second-order valence-electron chi connectivity index (χ2n) is 7.16. The number of halogens is 2. The van der Waals surface area contributed by atoms with Gasteiger partial charge in [-0.05, 0) is 53.6 Å². The molecular formula is C24H17ClFN3O4. The SMILES string of the molecule is COc1cc(CNC(=O)c2ccc3c(c2)C(=O)C(=Cc2ccc(F)c(Cl)c2)C(=O)N3)ccn1. The minimum atomic E-state index is -0.607. The summed E-state index contributed by atoms with van der Waals surface area (Å²) in [7, 11) is 1.50. The van der Waals surface area contributed by atoms with E-state index in [1.165, 1.54) is 43.5 Å². The first-order valence-corrected chi connectivity index (χ1v) is 10.2. The number of pyridine rings is 1. The van der Waals surface area contributed by atoms with Crippen molar-refractivity contribution in [3.8, 4) is 5.88 Å². The third kappa shape index (κ3) is 4.75. The number of nitrogens with zero attached hydrogens (tertiary/aromatic N) is 1. The molecule has 0 saturated carbocycles. The van der Waals surface area contributed by atoms with Gasteiger partial charge in [-0.25, -0.2) is 9.37 Å². The molecule has 2 N–H and O–H groups in total. The van der Waals surface area contributed by atoms with Crippen molar-refractivity contribution in [3.63, 3.8) is 0 Å². The van der Waals surface area contributed by atoms with Crippen molar-refractivity contribution in [2.75, 3.05) is 12.4 Å². The van der Waals surface area contributed by atoms with Crippen molar-refractivity contribution in [2.24, 2.45) is 0 Å². The fourth-order valence-corrected chi connectivity index (χ4v) is 3.47. The molecule has 2 aromatic carbocycles. The van der Waals surface area contributed by atoms with Crippen LogP contribution < -0.4 is 15.4 Å². The van der Waals surface area contributed by atoms with Gasteiger partial charge in [0.15, 0.2) is 0 Å². The molecule has 2 heterocycles. The van der Waals surface area contributed by atoms with Crippen LogP contribution in [0, 0.1) is 5.82 Å². The Morgan fingerprint density at radius 2 is 2.00 bits per heavy atom. The molecule has 0 unspecified atom stereocenters. The molecule has 0 spiro atoms. The average molecular weight is 466 g/mol. The van der Waals surface area contributed by atoms with Gasteiger partial charge in [-0.2, -0.15) is 0 Å². The highest BCUT2D eigenvalue weighted by Crippen LogP contribution is 2.28. The normalized spacial score (nSPS) is 14.0. The van der Waals surface area contributed by atoms with Gasteiger partial charge in [-0.15, -0.1) is 0 Å². The zero-order chi connectivity index (χ0) is 23.5. The molecule has 3 aromatic rings. The number of carbonyl (C=O) groups excluding carboxylic acids is 3. The van der Waals surface area contributed by atoms with Gasteiger partial charge in [-0.3, -0.25) is 14.4 Å². The smallest absolute Gasteiger partial charge is 0.259 e. The standard InChI is InChI=1S/C24H17ClFN3O4/c1-33-21-10-14(6-7-27-21)12-28-23(31)15-3-5-20-16(11-15)22(30)17(24(32)29-20)8-13-2-4-19(26)18(25)9-13/h2-11H,12H2,1H3,(H,28,31)(H,29,32).